The molecule has 0 aliphatic carbocycles. The number of hydrogen-bond donors (Lipinski definition) is 1. The van der Waals surface area contributed by atoms with Crippen molar-refractivity contribution in [3.8, 4) is 6.07 Å². The molecular weight excluding hydrogens is 314 g/mol. The highest BCUT2D eigenvalue weighted by molar-refractivity contribution is 7.80. The first kappa shape index (κ1) is 18.1. The molecule has 0 fully saturated rings. The summed E-state index contributed by atoms with van der Waals surface area (Å²) < 4.78 is 0. The van der Waals surface area contributed by atoms with Crippen LogP contribution in [-0.2, 0) is 0 Å². The molecule has 124 valence electrons. The lowest BCUT2D eigenvalue weighted by atomic mass is 9.95. The molecule has 2 rings (SSSR count). The lowest BCUT2D eigenvalue weighted by molar-refractivity contribution is 0.485. The highest BCUT2D eigenvalue weighted by atomic mass is 32.1. The minimum Gasteiger partial charge on any atom is -0.327 e. The van der Waals surface area contributed by atoms with E-state index in [9.17, 15) is 5.26 Å². The van der Waals surface area contributed by atoms with Crippen molar-refractivity contribution in [1.29, 1.82) is 5.26 Å². The van der Waals surface area contributed by atoms with Crippen molar-refractivity contribution in [2.24, 2.45) is 4.99 Å². The molecule has 0 N–H and O–H groups in total. The summed E-state index contributed by atoms with van der Waals surface area (Å²) in [5, 5.41) is 9.36. The van der Waals surface area contributed by atoms with Gasteiger partial charge in [-0.2, -0.15) is 5.26 Å². The normalized spacial score (nSPS) is 14.8. The molecule has 0 bridgehead atoms. The number of rotatable bonds is 4. The van der Waals surface area contributed by atoms with Crippen molar-refractivity contribution < 1.29 is 0 Å². The van der Waals surface area contributed by atoms with Crippen molar-refractivity contribution in [2.45, 2.75) is 39.0 Å². The molecule has 1 aliphatic rings. The maximum atomic E-state index is 9.36. The summed E-state index contributed by atoms with van der Waals surface area (Å²) in [6.45, 7) is 13.1. The van der Waals surface area contributed by atoms with E-state index in [-0.39, 0.29) is 0 Å². The largest absolute Gasteiger partial charge is 0.327 e. The highest BCUT2D eigenvalue weighted by Crippen LogP contribution is 2.32. The number of thiol groups is 1. The van der Waals surface area contributed by atoms with Gasteiger partial charge in [0.2, 0.25) is 0 Å². The number of nitrogens with zero attached hydrogens (tertiary/aromatic N) is 3. The van der Waals surface area contributed by atoms with Crippen LogP contribution in [0.25, 0.3) is 5.57 Å². The van der Waals surface area contributed by atoms with Crippen molar-refractivity contribution in [3.63, 3.8) is 0 Å². The molecule has 0 saturated carbocycles. The van der Waals surface area contributed by atoms with E-state index in [2.05, 4.69) is 55.2 Å². The molecule has 0 spiro atoms. The van der Waals surface area contributed by atoms with Gasteiger partial charge in [0.05, 0.1) is 11.6 Å². The lowest BCUT2D eigenvalue weighted by Gasteiger charge is -2.28. The fourth-order valence-electron chi connectivity index (χ4n) is 2.70. The van der Waals surface area contributed by atoms with Crippen LogP contribution in [0.15, 0.2) is 51.6 Å². The molecule has 4 heteroatoms. The van der Waals surface area contributed by atoms with Crippen LogP contribution in [0.1, 0.15) is 43.9 Å². The van der Waals surface area contributed by atoms with Gasteiger partial charge in [0.25, 0.3) is 0 Å². The van der Waals surface area contributed by atoms with Crippen LogP contribution in [0.4, 0.5) is 0 Å². The Balaban J connectivity index is 2.53. The molecule has 1 heterocycles. The van der Waals surface area contributed by atoms with Crippen LogP contribution >= 0.6 is 12.6 Å². The number of hydrogen-bond acceptors (Lipinski definition) is 4. The van der Waals surface area contributed by atoms with Crippen molar-refractivity contribution in [1.82, 2.24) is 4.90 Å². The van der Waals surface area contributed by atoms with E-state index < -0.39 is 0 Å². The van der Waals surface area contributed by atoms with Gasteiger partial charge in [0, 0.05) is 23.0 Å². The molecular formula is C20H23N3S. The van der Waals surface area contributed by atoms with Gasteiger partial charge in [-0.1, -0.05) is 13.5 Å². The fraction of sp³-hybridized carbons (Fsp3) is 0.300. The maximum absolute atomic E-state index is 9.36. The van der Waals surface area contributed by atoms with Gasteiger partial charge < -0.3 is 4.90 Å². The number of benzene rings is 1. The Bertz CT molecular complexity index is 807. The number of aliphatic imine (C=N–C) groups is 1. The summed E-state index contributed by atoms with van der Waals surface area (Å²) in [6, 6.07) is 6.12. The summed E-state index contributed by atoms with van der Waals surface area (Å²) in [5.74, 6) is 0. The van der Waals surface area contributed by atoms with E-state index in [1.54, 1.807) is 0 Å². The first-order valence-electron chi connectivity index (χ1n) is 7.97. The number of nitriles is 1. The van der Waals surface area contributed by atoms with Crippen molar-refractivity contribution >= 4 is 24.4 Å². The van der Waals surface area contributed by atoms with E-state index in [1.807, 2.05) is 32.2 Å². The average Bonchev–Trinajstić information content (AvgIpc) is 2.57. The first-order valence-corrected chi connectivity index (χ1v) is 8.41. The van der Waals surface area contributed by atoms with Gasteiger partial charge in [-0.3, -0.25) is 4.99 Å². The van der Waals surface area contributed by atoms with Gasteiger partial charge in [-0.15, -0.1) is 12.6 Å². The van der Waals surface area contributed by atoms with Crippen LogP contribution in [0.3, 0.4) is 0 Å². The van der Waals surface area contributed by atoms with Gasteiger partial charge in [0.1, 0.15) is 6.67 Å². The third-order valence-corrected chi connectivity index (χ3v) is 4.71. The predicted octanol–water partition coefficient (Wildman–Crippen LogP) is 5.10. The zero-order valence-corrected chi connectivity index (χ0v) is 15.6. The summed E-state index contributed by atoms with van der Waals surface area (Å²) >= 11 is 4.51. The van der Waals surface area contributed by atoms with E-state index >= 15 is 0 Å². The highest BCUT2D eigenvalue weighted by Gasteiger charge is 2.18. The standard InChI is InChI=1S/C20H23N3S/c1-6-14(3)20(23-11-13(2)10-22-12-23)16(5)17-7-18(9-21)15(4)19(24)8-17/h7-8,10-11,24H,5-6,12H2,1-4H3/b20-14+. The average molecular weight is 337 g/mol. The Hall–Kier alpha value is -2.25. The third kappa shape index (κ3) is 3.63. The predicted molar refractivity (Wildman–Crippen MR) is 104 cm³/mol. The van der Waals surface area contributed by atoms with Crippen LogP contribution in [-0.4, -0.2) is 17.8 Å². The lowest BCUT2D eigenvalue weighted by Crippen LogP contribution is -2.22. The molecule has 0 aromatic heterocycles. The van der Waals surface area contributed by atoms with E-state index in [4.69, 9.17) is 0 Å². The second-order valence-electron chi connectivity index (χ2n) is 6.04. The summed E-state index contributed by atoms with van der Waals surface area (Å²) in [5.41, 5.74) is 6.75. The molecule has 1 aromatic carbocycles. The van der Waals surface area contributed by atoms with E-state index in [0.29, 0.717) is 12.2 Å². The van der Waals surface area contributed by atoms with Crippen molar-refractivity contribution in [2.75, 3.05) is 6.67 Å². The molecule has 0 saturated heterocycles. The monoisotopic (exact) mass is 337 g/mol. The maximum Gasteiger partial charge on any atom is 0.114 e. The Morgan fingerprint density at radius 3 is 2.71 bits per heavy atom. The zero-order chi connectivity index (χ0) is 17.9. The molecule has 0 radical (unpaired) electrons. The van der Waals surface area contributed by atoms with Crippen LogP contribution in [0, 0.1) is 18.3 Å². The van der Waals surface area contributed by atoms with Crippen LogP contribution in [0.2, 0.25) is 0 Å². The van der Waals surface area contributed by atoms with Gasteiger partial charge in [-0.25, -0.2) is 0 Å². The van der Waals surface area contributed by atoms with E-state index in [1.165, 1.54) is 5.57 Å². The van der Waals surface area contributed by atoms with Crippen molar-refractivity contribution in [3.05, 3.63) is 58.4 Å². The molecule has 1 aromatic rings. The Morgan fingerprint density at radius 2 is 2.12 bits per heavy atom. The van der Waals surface area contributed by atoms with E-state index in [0.717, 1.165) is 39.3 Å². The first-order chi connectivity index (χ1) is 11.4. The topological polar surface area (TPSA) is 39.4 Å². The molecule has 0 amide bonds. The van der Waals surface area contributed by atoms with Gasteiger partial charge in [0.15, 0.2) is 0 Å². The van der Waals surface area contributed by atoms with Crippen LogP contribution < -0.4 is 0 Å². The Morgan fingerprint density at radius 1 is 1.42 bits per heavy atom. The molecule has 1 aliphatic heterocycles. The zero-order valence-electron chi connectivity index (χ0n) is 14.7. The summed E-state index contributed by atoms with van der Waals surface area (Å²) in [7, 11) is 0. The minimum absolute atomic E-state index is 0.577. The second kappa shape index (κ2) is 7.55. The smallest absolute Gasteiger partial charge is 0.114 e. The minimum atomic E-state index is 0.577. The summed E-state index contributed by atoms with van der Waals surface area (Å²) in [4.78, 5) is 7.34. The van der Waals surface area contributed by atoms with Gasteiger partial charge >= 0.3 is 0 Å². The van der Waals surface area contributed by atoms with Gasteiger partial charge in [-0.05, 0) is 67.2 Å². The SMILES string of the molecule is C=C(/C(=C(/C)CC)N1C=C(C)C=NC1)c1cc(S)c(C)c(C#N)c1. The summed E-state index contributed by atoms with van der Waals surface area (Å²) in [6.07, 6.45) is 4.89. The Labute approximate surface area is 150 Å². The Kier molecular flexibility index (Phi) is 5.69. The molecule has 3 nitrogen and oxygen atoms in total. The van der Waals surface area contributed by atoms with Crippen LogP contribution in [0.5, 0.6) is 0 Å². The second-order valence-corrected chi connectivity index (χ2v) is 6.52. The quantitative estimate of drug-likeness (QED) is 0.613. The third-order valence-electron chi connectivity index (χ3n) is 4.25. The molecule has 0 unspecified atom stereocenters. The fourth-order valence-corrected chi connectivity index (χ4v) is 2.96. The number of allylic oxidation sites excluding steroid dienone is 3. The molecule has 24 heavy (non-hydrogen) atoms. The molecule has 0 atom stereocenters.